The molecule has 2 saturated heterocycles. The van der Waals surface area contributed by atoms with Gasteiger partial charge in [-0.3, -0.25) is 9.59 Å². The standard InChI is InChI=1S/C41H57Cl2N3O12S2/c1-19-4-2-6-29(32(19)49)59-40-34(51)25(33(50)27(17-47)57-40)16-44-15-21-14-23(43)12-13-24(21)39(56)45-26-5-3-7-30(35(26)52)60-41-37(54)31(36(53)28(18-48)58-41)46-38(55)20-8-10-22(42)11-9-20/h8-14,19,25-37,40-41,44,47-54H,2-7,15-18H2,1H3,(H,45,56)(H,46,55). The summed E-state index contributed by atoms with van der Waals surface area (Å²) in [5, 5.41) is 96.0. The fourth-order valence-corrected chi connectivity index (χ4v) is 12.1. The number of benzene rings is 2. The molecule has 0 spiro atoms. The van der Waals surface area contributed by atoms with Crippen LogP contribution in [0, 0.1) is 11.8 Å². The van der Waals surface area contributed by atoms with E-state index < -0.39 is 108 Å². The smallest absolute Gasteiger partial charge is 0.251 e. The van der Waals surface area contributed by atoms with E-state index in [2.05, 4.69) is 16.0 Å². The third-order valence-corrected chi connectivity index (χ3v) is 15.7. The molecule has 4 aliphatic rings. The van der Waals surface area contributed by atoms with E-state index in [9.17, 15) is 50.4 Å². The molecule has 334 valence electrons. The highest BCUT2D eigenvalue weighted by molar-refractivity contribution is 8.00. The minimum Gasteiger partial charge on any atom is -0.394 e. The first-order valence-electron chi connectivity index (χ1n) is 20.5. The molecular weight excluding hydrogens is 861 g/mol. The summed E-state index contributed by atoms with van der Waals surface area (Å²) in [4.78, 5) is 26.9. The van der Waals surface area contributed by atoms with Crippen molar-refractivity contribution in [1.82, 2.24) is 16.0 Å². The molecule has 2 aromatic carbocycles. The van der Waals surface area contributed by atoms with E-state index in [-0.39, 0.29) is 35.4 Å². The third-order valence-electron chi connectivity index (χ3n) is 12.2. The summed E-state index contributed by atoms with van der Waals surface area (Å²) in [6.45, 7) is 1.17. The number of aliphatic hydroxyl groups excluding tert-OH is 8. The number of halogens is 2. The Bertz CT molecular complexity index is 1740. The van der Waals surface area contributed by atoms with Gasteiger partial charge in [-0.1, -0.05) is 43.0 Å². The summed E-state index contributed by atoms with van der Waals surface area (Å²) in [5.41, 5.74) is -0.777. The molecule has 0 aromatic heterocycles. The second-order valence-electron chi connectivity index (χ2n) is 16.3. The van der Waals surface area contributed by atoms with Gasteiger partial charge in [0.25, 0.3) is 11.8 Å². The number of hydrogen-bond acceptors (Lipinski definition) is 15. The number of rotatable bonds is 14. The Labute approximate surface area is 367 Å². The van der Waals surface area contributed by atoms with Crippen molar-refractivity contribution >= 4 is 58.5 Å². The van der Waals surface area contributed by atoms with E-state index >= 15 is 0 Å². The molecule has 19 heteroatoms. The summed E-state index contributed by atoms with van der Waals surface area (Å²) >= 11 is 14.8. The third kappa shape index (κ3) is 11.3. The van der Waals surface area contributed by atoms with Gasteiger partial charge in [0.2, 0.25) is 0 Å². The molecule has 2 aromatic rings. The average Bonchev–Trinajstić information content (AvgIpc) is 3.23. The highest BCUT2D eigenvalue weighted by Crippen LogP contribution is 2.41. The molecule has 0 radical (unpaired) electrons. The van der Waals surface area contributed by atoms with Crippen LogP contribution in [0.2, 0.25) is 10.0 Å². The molecule has 11 N–H and O–H groups in total. The summed E-state index contributed by atoms with van der Waals surface area (Å²) < 4.78 is 11.8. The number of amides is 2. The summed E-state index contributed by atoms with van der Waals surface area (Å²) in [6.07, 6.45) is -4.70. The maximum absolute atomic E-state index is 13.9. The first-order valence-corrected chi connectivity index (χ1v) is 23.1. The molecule has 6 rings (SSSR count). The first kappa shape index (κ1) is 47.7. The molecular formula is C41H57Cl2N3O12S2. The zero-order valence-corrected chi connectivity index (χ0v) is 36.3. The van der Waals surface area contributed by atoms with Gasteiger partial charge in [-0.2, -0.15) is 0 Å². The minimum atomic E-state index is -1.44. The number of thioether (sulfide) groups is 2. The van der Waals surface area contributed by atoms with Crippen LogP contribution in [0.4, 0.5) is 0 Å². The van der Waals surface area contributed by atoms with Crippen LogP contribution in [-0.4, -0.2) is 155 Å². The predicted octanol–water partition coefficient (Wildman–Crippen LogP) is 1.40. The van der Waals surface area contributed by atoms with Gasteiger partial charge >= 0.3 is 0 Å². The fraction of sp³-hybridized carbons (Fsp3) is 0.659. The van der Waals surface area contributed by atoms with Gasteiger partial charge in [-0.05, 0) is 79.6 Å². The van der Waals surface area contributed by atoms with Crippen molar-refractivity contribution in [2.45, 2.75) is 134 Å². The predicted molar refractivity (Wildman–Crippen MR) is 228 cm³/mol. The zero-order valence-electron chi connectivity index (χ0n) is 33.1. The normalized spacial score (nSPS) is 37.3. The monoisotopic (exact) mass is 917 g/mol. The summed E-state index contributed by atoms with van der Waals surface area (Å²) in [5.74, 6) is -1.67. The Kier molecular flexibility index (Phi) is 17.3. The van der Waals surface area contributed by atoms with Crippen LogP contribution in [0.25, 0.3) is 0 Å². The van der Waals surface area contributed by atoms with Crippen molar-refractivity contribution < 1.29 is 59.9 Å². The Morgan fingerprint density at radius 1 is 0.700 bits per heavy atom. The molecule has 16 atom stereocenters. The fourth-order valence-electron chi connectivity index (χ4n) is 8.56. The summed E-state index contributed by atoms with van der Waals surface area (Å²) in [6, 6.07) is 8.95. The molecule has 16 unspecified atom stereocenters. The van der Waals surface area contributed by atoms with Crippen LogP contribution in [0.5, 0.6) is 0 Å². The van der Waals surface area contributed by atoms with E-state index in [1.165, 1.54) is 36.0 Å². The van der Waals surface area contributed by atoms with Crippen molar-refractivity contribution in [2.24, 2.45) is 11.8 Å². The number of aliphatic hydroxyl groups is 8. The van der Waals surface area contributed by atoms with Crippen molar-refractivity contribution in [3.8, 4) is 0 Å². The van der Waals surface area contributed by atoms with E-state index in [4.69, 9.17) is 32.7 Å². The molecule has 2 heterocycles. The van der Waals surface area contributed by atoms with Crippen LogP contribution in [0.1, 0.15) is 71.7 Å². The first-order chi connectivity index (χ1) is 28.7. The van der Waals surface area contributed by atoms with Gasteiger partial charge in [0.15, 0.2) is 0 Å². The number of hydrogen-bond donors (Lipinski definition) is 11. The Morgan fingerprint density at radius 2 is 1.30 bits per heavy atom. The number of ether oxygens (including phenoxy) is 2. The largest absolute Gasteiger partial charge is 0.394 e. The molecule has 60 heavy (non-hydrogen) atoms. The minimum absolute atomic E-state index is 0.103. The lowest BCUT2D eigenvalue weighted by molar-refractivity contribution is -0.181. The molecule has 2 saturated carbocycles. The van der Waals surface area contributed by atoms with Crippen LogP contribution in [0.15, 0.2) is 42.5 Å². The van der Waals surface area contributed by atoms with Gasteiger partial charge in [-0.15, -0.1) is 23.5 Å². The maximum Gasteiger partial charge on any atom is 0.251 e. The van der Waals surface area contributed by atoms with E-state index in [1.807, 2.05) is 6.92 Å². The topological polar surface area (TPSA) is 251 Å². The van der Waals surface area contributed by atoms with E-state index in [0.29, 0.717) is 34.9 Å². The summed E-state index contributed by atoms with van der Waals surface area (Å²) in [7, 11) is 0. The molecule has 2 aliphatic heterocycles. The van der Waals surface area contributed by atoms with E-state index in [1.54, 1.807) is 18.2 Å². The number of nitrogens with one attached hydrogen (secondary N) is 3. The Balaban J connectivity index is 1.07. The molecule has 4 fully saturated rings. The lowest BCUT2D eigenvalue weighted by atomic mass is 9.88. The van der Waals surface area contributed by atoms with Crippen LogP contribution in [0.3, 0.4) is 0 Å². The highest BCUT2D eigenvalue weighted by Gasteiger charge is 2.48. The van der Waals surface area contributed by atoms with Gasteiger partial charge < -0.3 is 66.3 Å². The van der Waals surface area contributed by atoms with Gasteiger partial charge in [0, 0.05) is 50.7 Å². The van der Waals surface area contributed by atoms with Crippen molar-refractivity contribution in [3.05, 3.63) is 69.2 Å². The highest BCUT2D eigenvalue weighted by atomic mass is 35.5. The maximum atomic E-state index is 13.9. The second-order valence-corrected chi connectivity index (χ2v) is 19.8. The molecule has 0 bridgehead atoms. The molecule has 15 nitrogen and oxygen atoms in total. The SMILES string of the molecule is CC1CCCC(SC2OC(CO)C(O)C(CNCc3cc(Cl)ccc3C(=O)NC3CCCC(SC4OC(CO)C(O)C(NC(=O)c5ccc(Cl)cc5)C4O)C3O)C2O)C1O. The van der Waals surface area contributed by atoms with Gasteiger partial charge in [0.1, 0.15) is 35.3 Å². The van der Waals surface area contributed by atoms with Crippen LogP contribution in [-0.2, 0) is 16.0 Å². The van der Waals surface area contributed by atoms with Gasteiger partial charge in [0.05, 0.1) is 49.7 Å². The Morgan fingerprint density at radius 3 is 1.97 bits per heavy atom. The average molecular weight is 919 g/mol. The lowest BCUT2D eigenvalue weighted by Gasteiger charge is -2.44. The van der Waals surface area contributed by atoms with Crippen LogP contribution >= 0.6 is 46.7 Å². The van der Waals surface area contributed by atoms with E-state index in [0.717, 1.165) is 31.0 Å². The zero-order chi connectivity index (χ0) is 43.2. The van der Waals surface area contributed by atoms with Crippen LogP contribution < -0.4 is 16.0 Å². The van der Waals surface area contributed by atoms with Gasteiger partial charge in [-0.25, -0.2) is 0 Å². The Hall–Kier alpha value is -1.78. The van der Waals surface area contributed by atoms with Crippen molar-refractivity contribution in [1.29, 1.82) is 0 Å². The number of carbonyl (C=O) groups excluding carboxylic acids is 2. The second kappa shape index (κ2) is 21.7. The molecule has 2 aliphatic carbocycles. The number of carbonyl (C=O) groups is 2. The lowest BCUT2D eigenvalue weighted by Crippen LogP contribution is -2.64. The molecule has 2 amide bonds. The quantitative estimate of drug-likeness (QED) is 0.128. The van der Waals surface area contributed by atoms with Crippen molar-refractivity contribution in [2.75, 3.05) is 19.8 Å². The van der Waals surface area contributed by atoms with Crippen molar-refractivity contribution in [3.63, 3.8) is 0 Å².